The Balaban J connectivity index is 1.77. The van der Waals surface area contributed by atoms with Crippen molar-refractivity contribution in [1.29, 1.82) is 0 Å². The van der Waals surface area contributed by atoms with Crippen molar-refractivity contribution in [2.75, 3.05) is 11.9 Å². The number of hydrogen-bond donors (Lipinski definition) is 1. The van der Waals surface area contributed by atoms with Gasteiger partial charge in [0, 0.05) is 5.02 Å². The highest BCUT2D eigenvalue weighted by molar-refractivity contribution is 6.30. The van der Waals surface area contributed by atoms with Crippen LogP contribution in [0.2, 0.25) is 5.02 Å². The Morgan fingerprint density at radius 2 is 2.00 bits per heavy atom. The second-order valence-electron chi connectivity index (χ2n) is 5.12. The summed E-state index contributed by atoms with van der Waals surface area (Å²) in [6.07, 6.45) is 2.36. The van der Waals surface area contributed by atoms with Gasteiger partial charge in [-0.1, -0.05) is 49.2 Å². The highest BCUT2D eigenvalue weighted by Gasteiger charge is 2.20. The van der Waals surface area contributed by atoms with Gasteiger partial charge in [0.25, 0.3) is 0 Å². The first-order valence-electron chi connectivity index (χ1n) is 7.05. The molecule has 0 saturated heterocycles. The fraction of sp³-hybridized carbons (Fsp3) is 0.294. The molecule has 104 valence electrons. The van der Waals surface area contributed by atoms with E-state index in [1.807, 2.05) is 18.2 Å². The summed E-state index contributed by atoms with van der Waals surface area (Å²) >= 11 is 5.98. The van der Waals surface area contributed by atoms with Crippen molar-refractivity contribution < 1.29 is 4.74 Å². The van der Waals surface area contributed by atoms with Crippen LogP contribution in [0.3, 0.4) is 0 Å². The molecule has 0 amide bonds. The van der Waals surface area contributed by atoms with Crippen molar-refractivity contribution >= 4 is 17.3 Å². The zero-order valence-electron chi connectivity index (χ0n) is 11.5. The number of ether oxygens (including phenoxy) is 1. The molecule has 2 aromatic rings. The zero-order chi connectivity index (χ0) is 13.9. The Morgan fingerprint density at radius 3 is 2.75 bits per heavy atom. The summed E-state index contributed by atoms with van der Waals surface area (Å²) < 4.78 is 6.05. The van der Waals surface area contributed by atoms with Crippen LogP contribution in [0.25, 0.3) is 0 Å². The summed E-state index contributed by atoms with van der Waals surface area (Å²) in [7, 11) is 0. The maximum absolute atomic E-state index is 6.05. The maximum Gasteiger partial charge on any atom is 0.143 e. The minimum Gasteiger partial charge on any atom is -0.482 e. The SMILES string of the molecule is CCCc1ccc(C2CNc3cc(Cl)ccc3O2)cc1. The van der Waals surface area contributed by atoms with Gasteiger partial charge in [0.05, 0.1) is 12.2 Å². The Labute approximate surface area is 124 Å². The largest absolute Gasteiger partial charge is 0.482 e. The molecule has 1 unspecified atom stereocenters. The van der Waals surface area contributed by atoms with Crippen molar-refractivity contribution in [3.05, 3.63) is 58.6 Å². The van der Waals surface area contributed by atoms with E-state index in [1.165, 1.54) is 17.5 Å². The first-order valence-corrected chi connectivity index (χ1v) is 7.43. The normalized spacial score (nSPS) is 17.0. The number of benzene rings is 2. The molecule has 3 heteroatoms. The lowest BCUT2D eigenvalue weighted by atomic mass is 10.0. The van der Waals surface area contributed by atoms with Gasteiger partial charge in [0.15, 0.2) is 0 Å². The van der Waals surface area contributed by atoms with E-state index in [9.17, 15) is 0 Å². The highest BCUT2D eigenvalue weighted by atomic mass is 35.5. The van der Waals surface area contributed by atoms with Gasteiger partial charge in [-0.05, 0) is 35.7 Å². The first-order chi connectivity index (χ1) is 9.76. The van der Waals surface area contributed by atoms with E-state index in [2.05, 4.69) is 36.5 Å². The lowest BCUT2D eigenvalue weighted by molar-refractivity contribution is 0.210. The smallest absolute Gasteiger partial charge is 0.143 e. The van der Waals surface area contributed by atoms with E-state index in [-0.39, 0.29) is 6.10 Å². The monoisotopic (exact) mass is 287 g/mol. The molecule has 0 fully saturated rings. The molecular formula is C17H18ClNO. The number of anilines is 1. The number of aryl methyl sites for hydroxylation is 1. The zero-order valence-corrected chi connectivity index (χ0v) is 12.3. The van der Waals surface area contributed by atoms with Crippen molar-refractivity contribution in [2.24, 2.45) is 0 Å². The second-order valence-corrected chi connectivity index (χ2v) is 5.56. The third-order valence-corrected chi connectivity index (χ3v) is 3.81. The molecule has 3 rings (SSSR count). The summed E-state index contributed by atoms with van der Waals surface area (Å²) in [5.41, 5.74) is 3.56. The van der Waals surface area contributed by atoms with E-state index in [0.29, 0.717) is 0 Å². The van der Waals surface area contributed by atoms with E-state index in [4.69, 9.17) is 16.3 Å². The van der Waals surface area contributed by atoms with Crippen LogP contribution >= 0.6 is 11.6 Å². The molecule has 1 aliphatic heterocycles. The third-order valence-electron chi connectivity index (χ3n) is 3.58. The van der Waals surface area contributed by atoms with E-state index >= 15 is 0 Å². The van der Waals surface area contributed by atoms with Crippen LogP contribution in [0.15, 0.2) is 42.5 Å². The van der Waals surface area contributed by atoms with E-state index in [0.717, 1.165) is 29.4 Å². The average molecular weight is 288 g/mol. The molecule has 1 N–H and O–H groups in total. The quantitative estimate of drug-likeness (QED) is 0.872. The molecule has 1 atom stereocenters. The van der Waals surface area contributed by atoms with Crippen molar-refractivity contribution in [3.63, 3.8) is 0 Å². The van der Waals surface area contributed by atoms with E-state index in [1.54, 1.807) is 0 Å². The van der Waals surface area contributed by atoms with Crippen molar-refractivity contribution in [3.8, 4) is 5.75 Å². The topological polar surface area (TPSA) is 21.3 Å². The fourth-order valence-electron chi connectivity index (χ4n) is 2.51. The summed E-state index contributed by atoms with van der Waals surface area (Å²) in [6, 6.07) is 14.4. The summed E-state index contributed by atoms with van der Waals surface area (Å²) in [6.45, 7) is 2.96. The van der Waals surface area contributed by atoms with Gasteiger partial charge in [-0.25, -0.2) is 0 Å². The molecule has 0 bridgehead atoms. The molecule has 20 heavy (non-hydrogen) atoms. The number of hydrogen-bond acceptors (Lipinski definition) is 2. The van der Waals surface area contributed by atoms with Gasteiger partial charge in [0.1, 0.15) is 11.9 Å². The minimum atomic E-state index is 0.0550. The lowest BCUT2D eigenvalue weighted by Gasteiger charge is -2.28. The molecule has 0 aromatic heterocycles. The molecule has 2 nitrogen and oxygen atoms in total. The lowest BCUT2D eigenvalue weighted by Crippen LogP contribution is -2.23. The van der Waals surface area contributed by atoms with Gasteiger partial charge in [-0.3, -0.25) is 0 Å². The summed E-state index contributed by atoms with van der Waals surface area (Å²) in [5, 5.41) is 4.11. The van der Waals surface area contributed by atoms with Crippen LogP contribution in [0.4, 0.5) is 5.69 Å². The predicted molar refractivity (Wildman–Crippen MR) is 83.7 cm³/mol. The van der Waals surface area contributed by atoms with Crippen molar-refractivity contribution in [1.82, 2.24) is 0 Å². The fourth-order valence-corrected chi connectivity index (χ4v) is 2.69. The molecule has 1 heterocycles. The minimum absolute atomic E-state index is 0.0550. The molecule has 0 radical (unpaired) electrons. The van der Waals surface area contributed by atoms with Gasteiger partial charge in [-0.2, -0.15) is 0 Å². The number of rotatable bonds is 3. The maximum atomic E-state index is 6.05. The molecule has 0 aliphatic carbocycles. The van der Waals surface area contributed by atoms with Crippen molar-refractivity contribution in [2.45, 2.75) is 25.9 Å². The highest BCUT2D eigenvalue weighted by Crippen LogP contribution is 2.35. The number of halogens is 1. The van der Waals surface area contributed by atoms with Gasteiger partial charge >= 0.3 is 0 Å². The van der Waals surface area contributed by atoms with Crippen LogP contribution in [-0.4, -0.2) is 6.54 Å². The third kappa shape index (κ3) is 2.75. The van der Waals surface area contributed by atoms with Gasteiger partial charge in [-0.15, -0.1) is 0 Å². The Hall–Kier alpha value is -1.67. The molecule has 1 aliphatic rings. The second kappa shape index (κ2) is 5.76. The van der Waals surface area contributed by atoms with Crippen LogP contribution in [-0.2, 0) is 6.42 Å². The molecule has 2 aromatic carbocycles. The van der Waals surface area contributed by atoms with Crippen LogP contribution in [0.5, 0.6) is 5.75 Å². The first kappa shape index (κ1) is 13.3. The van der Waals surface area contributed by atoms with E-state index < -0.39 is 0 Å². The van der Waals surface area contributed by atoms with Gasteiger partial charge in [0.2, 0.25) is 0 Å². The summed E-state index contributed by atoms with van der Waals surface area (Å²) in [5.74, 6) is 0.864. The Bertz CT molecular complexity index is 594. The molecule has 0 spiro atoms. The Morgan fingerprint density at radius 1 is 1.20 bits per heavy atom. The summed E-state index contributed by atoms with van der Waals surface area (Å²) in [4.78, 5) is 0. The molecule has 0 saturated carbocycles. The van der Waals surface area contributed by atoms with Crippen LogP contribution in [0, 0.1) is 0 Å². The standard InChI is InChI=1S/C17H18ClNO/c1-2-3-12-4-6-13(7-5-12)17-11-19-15-10-14(18)8-9-16(15)20-17/h4-10,17,19H,2-3,11H2,1H3. The van der Waals surface area contributed by atoms with Crippen LogP contribution in [0.1, 0.15) is 30.6 Å². The van der Waals surface area contributed by atoms with Gasteiger partial charge < -0.3 is 10.1 Å². The number of nitrogens with one attached hydrogen (secondary N) is 1. The Kier molecular flexibility index (Phi) is 3.83. The molecular weight excluding hydrogens is 270 g/mol. The average Bonchev–Trinajstić information content (AvgIpc) is 2.48. The van der Waals surface area contributed by atoms with Crippen LogP contribution < -0.4 is 10.1 Å². The predicted octanol–water partition coefficient (Wildman–Crippen LogP) is 4.84. The number of fused-ring (bicyclic) bond motifs is 1.